The van der Waals surface area contributed by atoms with Gasteiger partial charge in [-0.2, -0.15) is 0 Å². The van der Waals surface area contributed by atoms with E-state index in [1.165, 1.54) is 0 Å². The molecule has 1 atom stereocenters. The first kappa shape index (κ1) is 11.3. The van der Waals surface area contributed by atoms with Gasteiger partial charge in [0.25, 0.3) is 0 Å². The van der Waals surface area contributed by atoms with Crippen LogP contribution in [0.1, 0.15) is 42.1 Å². The molecule has 1 unspecified atom stereocenters. The molecule has 1 fully saturated rings. The third-order valence-corrected chi connectivity index (χ3v) is 3.09. The fourth-order valence-corrected chi connectivity index (χ4v) is 2.10. The van der Waals surface area contributed by atoms with E-state index in [0.717, 1.165) is 24.8 Å². The Balaban J connectivity index is 2.24. The van der Waals surface area contributed by atoms with Crippen LogP contribution in [0.2, 0.25) is 0 Å². The summed E-state index contributed by atoms with van der Waals surface area (Å²) in [5.41, 5.74) is 1.02. The number of hydrogen-bond donors (Lipinski definition) is 0. The number of rotatable bonds is 2. The van der Waals surface area contributed by atoms with E-state index in [2.05, 4.69) is 4.98 Å². The molecule has 0 spiro atoms. The fraction of sp³-hybridized carbons (Fsp3) is 0.538. The van der Waals surface area contributed by atoms with Crippen molar-refractivity contribution in [3.8, 4) is 0 Å². The van der Waals surface area contributed by atoms with Crippen LogP contribution in [-0.4, -0.2) is 23.0 Å². The van der Waals surface area contributed by atoms with E-state index >= 15 is 0 Å². The van der Waals surface area contributed by atoms with Crippen molar-refractivity contribution in [2.24, 2.45) is 0 Å². The molecule has 0 bridgehead atoms. The van der Waals surface area contributed by atoms with Gasteiger partial charge in [0.1, 0.15) is 5.60 Å². The summed E-state index contributed by atoms with van der Waals surface area (Å²) < 4.78 is 5.64. The molecule has 0 N–H and O–H groups in total. The maximum atomic E-state index is 12.3. The zero-order valence-corrected chi connectivity index (χ0v) is 9.82. The normalized spacial score (nSPS) is 25.4. The number of hydrogen-bond acceptors (Lipinski definition) is 3. The van der Waals surface area contributed by atoms with Crippen molar-refractivity contribution in [1.82, 2.24) is 4.98 Å². The summed E-state index contributed by atoms with van der Waals surface area (Å²) in [5, 5.41) is 0. The minimum absolute atomic E-state index is 0.0587. The van der Waals surface area contributed by atoms with Gasteiger partial charge in [-0.05, 0) is 44.7 Å². The lowest BCUT2D eigenvalue weighted by atomic mass is 9.88. The van der Waals surface area contributed by atoms with Gasteiger partial charge in [-0.15, -0.1) is 0 Å². The van der Waals surface area contributed by atoms with Crippen LogP contribution in [-0.2, 0) is 4.74 Å². The summed E-state index contributed by atoms with van der Waals surface area (Å²) in [5.74, 6) is 0.0587. The smallest absolute Gasteiger partial charge is 0.195 e. The zero-order chi connectivity index (χ0) is 11.6. The number of nitrogens with zero attached hydrogens (tertiary/aromatic N) is 1. The Morgan fingerprint density at radius 1 is 1.44 bits per heavy atom. The molecule has 0 aromatic carbocycles. The van der Waals surface area contributed by atoms with Gasteiger partial charge in [0.15, 0.2) is 5.78 Å². The zero-order valence-electron chi connectivity index (χ0n) is 9.82. The van der Waals surface area contributed by atoms with E-state index in [1.807, 2.05) is 19.9 Å². The number of Topliss-reactive ketones (excluding diaryl/α,β-unsaturated/α-hetero) is 1. The van der Waals surface area contributed by atoms with E-state index < -0.39 is 5.60 Å². The third-order valence-electron chi connectivity index (χ3n) is 3.09. The number of ether oxygens (including phenoxy) is 1. The Labute approximate surface area is 95.8 Å². The van der Waals surface area contributed by atoms with Crippen molar-refractivity contribution in [3.05, 3.63) is 29.6 Å². The van der Waals surface area contributed by atoms with Gasteiger partial charge in [0, 0.05) is 24.6 Å². The average Bonchev–Trinajstić information content (AvgIpc) is 2.29. The SMILES string of the molecule is Cc1cncc(C(=O)C2(C)CCCCO2)c1. The molecule has 1 aliphatic heterocycles. The second-order valence-electron chi connectivity index (χ2n) is 4.62. The van der Waals surface area contributed by atoms with Crippen molar-refractivity contribution in [1.29, 1.82) is 0 Å². The first-order chi connectivity index (χ1) is 7.62. The highest BCUT2D eigenvalue weighted by atomic mass is 16.5. The monoisotopic (exact) mass is 219 g/mol. The van der Waals surface area contributed by atoms with Gasteiger partial charge in [-0.3, -0.25) is 9.78 Å². The van der Waals surface area contributed by atoms with Crippen LogP contribution in [0, 0.1) is 6.92 Å². The molecule has 16 heavy (non-hydrogen) atoms. The maximum Gasteiger partial charge on any atom is 0.195 e. The van der Waals surface area contributed by atoms with Gasteiger partial charge < -0.3 is 4.74 Å². The van der Waals surface area contributed by atoms with Crippen molar-refractivity contribution in [2.45, 2.75) is 38.7 Å². The van der Waals surface area contributed by atoms with Gasteiger partial charge in [-0.25, -0.2) is 0 Å². The summed E-state index contributed by atoms with van der Waals surface area (Å²) in [6.07, 6.45) is 6.29. The number of ketones is 1. The molecule has 1 aromatic heterocycles. The Hall–Kier alpha value is -1.22. The molecule has 86 valence electrons. The Bertz CT molecular complexity index is 395. The van der Waals surface area contributed by atoms with Crippen molar-refractivity contribution in [3.63, 3.8) is 0 Å². The second kappa shape index (κ2) is 4.34. The summed E-state index contributed by atoms with van der Waals surface area (Å²) in [4.78, 5) is 16.4. The van der Waals surface area contributed by atoms with E-state index in [-0.39, 0.29) is 5.78 Å². The number of pyridine rings is 1. The second-order valence-corrected chi connectivity index (χ2v) is 4.62. The molecule has 0 saturated carbocycles. The highest BCUT2D eigenvalue weighted by Crippen LogP contribution is 2.28. The van der Waals surface area contributed by atoms with Crippen LogP contribution in [0.5, 0.6) is 0 Å². The predicted octanol–water partition coefficient (Wildman–Crippen LogP) is 2.53. The van der Waals surface area contributed by atoms with Crippen LogP contribution in [0.4, 0.5) is 0 Å². The molecule has 1 aromatic rings. The largest absolute Gasteiger partial charge is 0.367 e. The summed E-state index contributed by atoms with van der Waals surface area (Å²) in [6, 6.07) is 1.87. The standard InChI is InChI=1S/C13H17NO2/c1-10-7-11(9-14-8-10)12(15)13(2)5-3-4-6-16-13/h7-9H,3-6H2,1-2H3. The van der Waals surface area contributed by atoms with Gasteiger partial charge in [-0.1, -0.05) is 0 Å². The van der Waals surface area contributed by atoms with Gasteiger partial charge in [0.2, 0.25) is 0 Å². The number of carbonyl (C=O) groups is 1. The van der Waals surface area contributed by atoms with Crippen LogP contribution >= 0.6 is 0 Å². The first-order valence-corrected chi connectivity index (χ1v) is 5.72. The van der Waals surface area contributed by atoms with Crippen molar-refractivity contribution >= 4 is 5.78 Å². The summed E-state index contributed by atoms with van der Waals surface area (Å²) >= 11 is 0. The molecular weight excluding hydrogens is 202 g/mol. The molecule has 1 aliphatic rings. The fourth-order valence-electron chi connectivity index (χ4n) is 2.10. The minimum Gasteiger partial charge on any atom is -0.367 e. The Morgan fingerprint density at radius 3 is 2.88 bits per heavy atom. The topological polar surface area (TPSA) is 39.2 Å². The van der Waals surface area contributed by atoms with Crippen LogP contribution in [0.3, 0.4) is 0 Å². The number of carbonyl (C=O) groups excluding carboxylic acids is 1. The lowest BCUT2D eigenvalue weighted by Crippen LogP contribution is -2.41. The first-order valence-electron chi connectivity index (χ1n) is 5.72. The van der Waals surface area contributed by atoms with Crippen LogP contribution in [0.15, 0.2) is 18.5 Å². The van der Waals surface area contributed by atoms with Gasteiger partial charge >= 0.3 is 0 Å². The predicted molar refractivity (Wildman–Crippen MR) is 61.5 cm³/mol. The molecule has 1 saturated heterocycles. The van der Waals surface area contributed by atoms with Crippen molar-refractivity contribution < 1.29 is 9.53 Å². The quantitative estimate of drug-likeness (QED) is 0.717. The molecule has 2 rings (SSSR count). The van der Waals surface area contributed by atoms with Crippen molar-refractivity contribution in [2.75, 3.05) is 6.61 Å². The van der Waals surface area contributed by atoms with E-state index in [0.29, 0.717) is 12.2 Å². The van der Waals surface area contributed by atoms with E-state index in [9.17, 15) is 4.79 Å². The Morgan fingerprint density at radius 2 is 2.25 bits per heavy atom. The minimum atomic E-state index is -0.645. The summed E-state index contributed by atoms with van der Waals surface area (Å²) in [7, 11) is 0. The Kier molecular flexibility index (Phi) is 3.06. The van der Waals surface area contributed by atoms with Gasteiger partial charge in [0.05, 0.1) is 0 Å². The highest BCUT2D eigenvalue weighted by molar-refractivity contribution is 6.02. The third kappa shape index (κ3) is 2.14. The van der Waals surface area contributed by atoms with Crippen LogP contribution < -0.4 is 0 Å². The van der Waals surface area contributed by atoms with E-state index in [4.69, 9.17) is 4.74 Å². The average molecular weight is 219 g/mol. The molecule has 0 radical (unpaired) electrons. The van der Waals surface area contributed by atoms with Crippen LogP contribution in [0.25, 0.3) is 0 Å². The molecule has 0 aliphatic carbocycles. The molecule has 0 amide bonds. The lowest BCUT2D eigenvalue weighted by molar-refractivity contribution is -0.0426. The molecular formula is C13H17NO2. The molecule has 3 nitrogen and oxygen atoms in total. The summed E-state index contributed by atoms with van der Waals surface area (Å²) in [6.45, 7) is 4.51. The molecule has 3 heteroatoms. The highest BCUT2D eigenvalue weighted by Gasteiger charge is 2.36. The number of aromatic nitrogens is 1. The maximum absolute atomic E-state index is 12.3. The number of aryl methyl sites for hydroxylation is 1. The lowest BCUT2D eigenvalue weighted by Gasteiger charge is -2.32. The van der Waals surface area contributed by atoms with E-state index in [1.54, 1.807) is 12.4 Å². The molecule has 2 heterocycles.